The normalized spacial score (nSPS) is 66.8. The first-order valence-corrected chi connectivity index (χ1v) is 16.2. The van der Waals surface area contributed by atoms with Gasteiger partial charge in [0.1, 0.15) is 0 Å². The molecule has 15 atom stereocenters. The van der Waals surface area contributed by atoms with Gasteiger partial charge in [-0.3, -0.25) is 0 Å². The van der Waals surface area contributed by atoms with E-state index in [2.05, 4.69) is 62.3 Å². The Morgan fingerprint density at radius 3 is 0.935 bits per heavy atom. The van der Waals surface area contributed by atoms with Crippen LogP contribution in [0.1, 0.15) is 101 Å². The van der Waals surface area contributed by atoms with Crippen LogP contribution in [0, 0.1) is 71.0 Å². The Hall–Kier alpha value is 0.532. The molecule has 6 bridgehead atoms. The van der Waals surface area contributed by atoms with Crippen LogP contribution in [0.2, 0.25) is 12.8 Å². The average Bonchev–Trinajstić information content (AvgIpc) is 3.50. The van der Waals surface area contributed by atoms with Gasteiger partial charge in [0.05, 0.1) is 0 Å². The van der Waals surface area contributed by atoms with Crippen LogP contribution in [-0.4, -0.2) is 0 Å². The van der Waals surface area contributed by atoms with Gasteiger partial charge in [-0.1, -0.05) is 0 Å². The number of hydrogen-bond acceptors (Lipinski definition) is 0. The van der Waals surface area contributed by atoms with Crippen LogP contribution in [0.4, 0.5) is 0 Å². The average molecular weight is 464 g/mol. The molecule has 6 fully saturated rings. The molecule has 15 unspecified atom stereocenters. The maximum atomic E-state index is 2.77. The summed E-state index contributed by atoms with van der Waals surface area (Å²) in [5, 5.41) is 0. The summed E-state index contributed by atoms with van der Waals surface area (Å²) in [5.41, 5.74) is 0. The van der Waals surface area contributed by atoms with E-state index in [9.17, 15) is 0 Å². The number of fused-ring (bicyclic) bond motifs is 6. The summed E-state index contributed by atoms with van der Waals surface area (Å²) in [7, 11) is 0. The SMILES string of the molecule is CC1C2CC(C)[C]([Cr]([C]34CC(CC3C)C(C)C4C)[C]34CC(CC3C)C(C)C4C)(C2)C1C. The Kier molecular flexibility index (Phi) is 4.69. The molecule has 1 heteroatoms. The Balaban J connectivity index is 1.61. The van der Waals surface area contributed by atoms with E-state index in [1.165, 1.54) is 0 Å². The molecule has 0 amide bonds. The predicted octanol–water partition coefficient (Wildman–Crippen LogP) is 9.08. The number of hydrogen-bond donors (Lipinski definition) is 0. The molecule has 6 saturated carbocycles. The third-order valence-electron chi connectivity index (χ3n) is 14.3. The summed E-state index contributed by atoms with van der Waals surface area (Å²) in [6.07, 6.45) is 9.63. The minimum absolute atomic E-state index is 0.743. The topological polar surface area (TPSA) is 0 Å². The van der Waals surface area contributed by atoms with Crippen molar-refractivity contribution < 1.29 is 14.1 Å². The molecule has 31 heavy (non-hydrogen) atoms. The van der Waals surface area contributed by atoms with Gasteiger partial charge in [-0.05, 0) is 0 Å². The van der Waals surface area contributed by atoms with E-state index in [0.29, 0.717) is 0 Å². The molecular weight excluding hydrogens is 412 g/mol. The van der Waals surface area contributed by atoms with Crippen molar-refractivity contribution in [2.24, 2.45) is 71.0 Å². The molecule has 0 aliphatic heterocycles. The monoisotopic (exact) mass is 463 g/mol. The first-order valence-electron chi connectivity index (χ1n) is 14.3. The molecule has 6 rings (SSSR count). The van der Waals surface area contributed by atoms with Crippen molar-refractivity contribution in [3.8, 4) is 0 Å². The molecule has 0 nitrogen and oxygen atoms in total. The molecule has 6 aliphatic carbocycles. The molecule has 6 aliphatic rings. The van der Waals surface area contributed by atoms with E-state index < -0.39 is 14.1 Å². The van der Waals surface area contributed by atoms with Gasteiger partial charge in [-0.2, -0.15) is 0 Å². The van der Waals surface area contributed by atoms with E-state index >= 15 is 0 Å². The van der Waals surface area contributed by atoms with Gasteiger partial charge in [0.25, 0.3) is 0 Å². The van der Waals surface area contributed by atoms with Crippen molar-refractivity contribution in [3.63, 3.8) is 0 Å². The van der Waals surface area contributed by atoms with Crippen LogP contribution in [0.25, 0.3) is 0 Å². The third-order valence-corrected chi connectivity index (χ3v) is 22.2. The van der Waals surface area contributed by atoms with Crippen molar-refractivity contribution >= 4 is 0 Å². The Labute approximate surface area is 198 Å². The maximum absolute atomic E-state index is 2.77. The second-order valence-corrected chi connectivity index (χ2v) is 18.9. The van der Waals surface area contributed by atoms with Gasteiger partial charge >= 0.3 is 199 Å². The predicted molar refractivity (Wildman–Crippen MR) is 129 cm³/mol. The molecule has 177 valence electrons. The zero-order chi connectivity index (χ0) is 22.2. The second kappa shape index (κ2) is 6.60. The van der Waals surface area contributed by atoms with E-state index in [-0.39, 0.29) is 0 Å². The molecule has 0 heterocycles. The molecule has 0 aromatic carbocycles. The Morgan fingerprint density at radius 1 is 0.452 bits per heavy atom. The van der Waals surface area contributed by atoms with Crippen LogP contribution in [-0.2, 0) is 14.1 Å². The molecule has 0 aromatic rings. The van der Waals surface area contributed by atoms with E-state index in [4.69, 9.17) is 0 Å². The fourth-order valence-corrected chi connectivity index (χ4v) is 22.4. The van der Waals surface area contributed by atoms with Crippen LogP contribution in [0.3, 0.4) is 0 Å². The van der Waals surface area contributed by atoms with E-state index in [0.717, 1.165) is 83.8 Å². The van der Waals surface area contributed by atoms with Crippen LogP contribution in [0.15, 0.2) is 0 Å². The zero-order valence-corrected chi connectivity index (χ0v) is 23.4. The van der Waals surface area contributed by atoms with Gasteiger partial charge in [0.2, 0.25) is 0 Å². The van der Waals surface area contributed by atoms with Crippen LogP contribution < -0.4 is 0 Å². The first kappa shape index (κ1) is 22.0. The van der Waals surface area contributed by atoms with Crippen molar-refractivity contribution in [3.05, 3.63) is 0 Å². The van der Waals surface area contributed by atoms with E-state index in [1.807, 2.05) is 0 Å². The van der Waals surface area contributed by atoms with Gasteiger partial charge in [0, 0.05) is 0 Å². The van der Waals surface area contributed by atoms with Crippen LogP contribution in [0.5, 0.6) is 0 Å². The Bertz CT molecular complexity index is 660. The summed E-state index contributed by atoms with van der Waals surface area (Å²) in [6.45, 7) is 24.6. The fraction of sp³-hybridized carbons (Fsp3) is 1.00. The summed E-state index contributed by atoms with van der Waals surface area (Å²) in [4.78, 5) is 0. The quantitative estimate of drug-likeness (QED) is 0.391. The molecule has 0 spiro atoms. The van der Waals surface area contributed by atoms with Gasteiger partial charge in [0.15, 0.2) is 0 Å². The number of rotatable bonds is 3. The standard InChI is InChI=1S/3C10H17.Cr/c3*1-6-4-9-5-10(6)8(3)7(9)2;/h3*6-9H,4-5H2,1-3H3;. The van der Waals surface area contributed by atoms with Crippen molar-refractivity contribution in [2.75, 3.05) is 0 Å². The van der Waals surface area contributed by atoms with Gasteiger partial charge in [-0.15, -0.1) is 0 Å². The van der Waals surface area contributed by atoms with Crippen molar-refractivity contribution in [1.29, 1.82) is 0 Å². The molecule has 0 aromatic heterocycles. The fourth-order valence-electron chi connectivity index (χ4n) is 12.2. The third kappa shape index (κ3) is 2.23. The van der Waals surface area contributed by atoms with Crippen molar-refractivity contribution in [2.45, 2.75) is 114 Å². The molecule has 0 N–H and O–H groups in total. The second-order valence-electron chi connectivity index (χ2n) is 14.4. The summed E-state index contributed by atoms with van der Waals surface area (Å²) >= 11 is -0.925. The van der Waals surface area contributed by atoms with Gasteiger partial charge in [-0.25, -0.2) is 0 Å². The Morgan fingerprint density at radius 2 is 0.710 bits per heavy atom. The summed E-state index contributed by atoms with van der Waals surface area (Å²) < 4.78 is 2.23. The summed E-state index contributed by atoms with van der Waals surface area (Å²) in [5.74, 6) is 12.1. The zero-order valence-electron chi connectivity index (χ0n) is 22.1. The molecular formula is C30H51Cr. The minimum atomic E-state index is -0.925. The molecule has 0 radical (unpaired) electrons. The first-order chi connectivity index (χ1) is 14.5. The van der Waals surface area contributed by atoms with E-state index in [1.54, 1.807) is 38.5 Å². The molecule has 0 saturated heterocycles. The van der Waals surface area contributed by atoms with Crippen molar-refractivity contribution in [1.82, 2.24) is 0 Å². The summed E-state index contributed by atoms with van der Waals surface area (Å²) in [6, 6.07) is 0. The van der Waals surface area contributed by atoms with Gasteiger partial charge < -0.3 is 0 Å². The van der Waals surface area contributed by atoms with Crippen LogP contribution >= 0.6 is 0 Å².